The highest BCUT2D eigenvalue weighted by Gasteiger charge is 2.21. The summed E-state index contributed by atoms with van der Waals surface area (Å²) >= 11 is 1.62. The predicted octanol–water partition coefficient (Wildman–Crippen LogP) is 3.52. The summed E-state index contributed by atoms with van der Waals surface area (Å²) in [5, 5.41) is 12.0. The lowest BCUT2D eigenvalue weighted by Crippen LogP contribution is -2.41. The molecule has 0 aromatic heterocycles. The second-order valence-corrected chi connectivity index (χ2v) is 7.75. The van der Waals surface area contributed by atoms with Gasteiger partial charge < -0.3 is 10.1 Å². The fourth-order valence-corrected chi connectivity index (χ4v) is 3.92. The molecule has 6 heteroatoms. The Morgan fingerprint density at radius 3 is 2.84 bits per heavy atom. The minimum absolute atomic E-state index is 0.0100. The number of anilines is 1. The zero-order valence-electron chi connectivity index (χ0n) is 15.0. The van der Waals surface area contributed by atoms with Crippen molar-refractivity contribution in [3.63, 3.8) is 0 Å². The van der Waals surface area contributed by atoms with E-state index in [9.17, 15) is 4.79 Å². The number of nitrogens with one attached hydrogen (secondary N) is 1. The molecular formula is C19H27N3O2S. The van der Waals surface area contributed by atoms with Crippen LogP contribution in [0, 0.1) is 11.3 Å². The molecule has 1 aromatic carbocycles. The first-order chi connectivity index (χ1) is 12.1. The van der Waals surface area contributed by atoms with E-state index in [1.807, 2.05) is 38.1 Å². The summed E-state index contributed by atoms with van der Waals surface area (Å²) < 4.78 is 5.65. The summed E-state index contributed by atoms with van der Waals surface area (Å²) in [7, 11) is 0. The maximum atomic E-state index is 12.4. The van der Waals surface area contributed by atoms with Gasteiger partial charge in [0.05, 0.1) is 24.4 Å². The van der Waals surface area contributed by atoms with E-state index >= 15 is 0 Å². The number of thioether (sulfide) groups is 1. The second kappa shape index (κ2) is 10.4. The van der Waals surface area contributed by atoms with Crippen molar-refractivity contribution in [1.29, 1.82) is 5.26 Å². The molecule has 0 aliphatic carbocycles. The van der Waals surface area contributed by atoms with E-state index in [1.54, 1.807) is 11.8 Å². The largest absolute Gasteiger partial charge is 0.378 e. The quantitative estimate of drug-likeness (QED) is 0.718. The number of amides is 1. The summed E-state index contributed by atoms with van der Waals surface area (Å²) in [5.74, 6) is 0.0100. The molecule has 1 saturated heterocycles. The number of carbonyl (C=O) groups is 1. The number of hydrogen-bond donors (Lipinski definition) is 1. The van der Waals surface area contributed by atoms with Gasteiger partial charge in [-0.1, -0.05) is 19.1 Å². The highest BCUT2D eigenvalue weighted by molar-refractivity contribution is 8.00. The summed E-state index contributed by atoms with van der Waals surface area (Å²) in [6.45, 7) is 7.00. The average Bonchev–Trinajstić information content (AvgIpc) is 2.59. The molecule has 1 aliphatic heterocycles. The van der Waals surface area contributed by atoms with E-state index in [2.05, 4.69) is 16.3 Å². The lowest BCUT2D eigenvalue weighted by molar-refractivity contribution is -0.118. The molecule has 1 N–H and O–H groups in total. The van der Waals surface area contributed by atoms with Crippen LogP contribution in [0.3, 0.4) is 0 Å². The monoisotopic (exact) mass is 361 g/mol. The van der Waals surface area contributed by atoms with Gasteiger partial charge in [-0.05, 0) is 31.9 Å². The van der Waals surface area contributed by atoms with E-state index in [-0.39, 0.29) is 11.2 Å². The Bertz CT molecular complexity index is 595. The summed E-state index contributed by atoms with van der Waals surface area (Å²) in [4.78, 5) is 15.6. The first kappa shape index (κ1) is 19.8. The van der Waals surface area contributed by atoms with Gasteiger partial charge in [-0.15, -0.1) is 11.8 Å². The normalized spacial score (nSPS) is 17.0. The van der Waals surface area contributed by atoms with Gasteiger partial charge in [0.15, 0.2) is 0 Å². The van der Waals surface area contributed by atoms with E-state index < -0.39 is 0 Å². The van der Waals surface area contributed by atoms with Crippen LogP contribution in [-0.2, 0) is 9.53 Å². The maximum Gasteiger partial charge on any atom is 0.238 e. The molecule has 0 saturated carbocycles. The van der Waals surface area contributed by atoms with Gasteiger partial charge >= 0.3 is 0 Å². The van der Waals surface area contributed by atoms with Gasteiger partial charge in [-0.3, -0.25) is 9.69 Å². The number of rotatable bonds is 8. The number of hydrogen-bond acceptors (Lipinski definition) is 5. The van der Waals surface area contributed by atoms with Crippen molar-refractivity contribution in [1.82, 2.24) is 4.90 Å². The van der Waals surface area contributed by atoms with Crippen LogP contribution in [0.5, 0.6) is 0 Å². The Kier molecular flexibility index (Phi) is 8.26. The topological polar surface area (TPSA) is 65.4 Å². The fourth-order valence-electron chi connectivity index (χ4n) is 2.92. The Morgan fingerprint density at radius 1 is 1.44 bits per heavy atom. The number of nitriles is 1. The van der Waals surface area contributed by atoms with Crippen molar-refractivity contribution in [2.24, 2.45) is 0 Å². The van der Waals surface area contributed by atoms with Gasteiger partial charge in [-0.25, -0.2) is 0 Å². The zero-order valence-corrected chi connectivity index (χ0v) is 15.8. The van der Waals surface area contributed by atoms with Gasteiger partial charge in [0, 0.05) is 36.3 Å². The molecule has 1 atom stereocenters. The number of likely N-dealkylation sites (tertiary alicyclic amines) is 1. The first-order valence-corrected chi connectivity index (χ1v) is 9.76. The highest BCUT2D eigenvalue weighted by Crippen LogP contribution is 2.31. The van der Waals surface area contributed by atoms with Gasteiger partial charge in [0.1, 0.15) is 0 Å². The smallest absolute Gasteiger partial charge is 0.238 e. The molecule has 1 fully saturated rings. The van der Waals surface area contributed by atoms with E-state index in [1.165, 1.54) is 0 Å². The Labute approximate surface area is 154 Å². The van der Waals surface area contributed by atoms with E-state index in [0.717, 1.165) is 43.1 Å². The van der Waals surface area contributed by atoms with E-state index in [4.69, 9.17) is 10.00 Å². The van der Waals surface area contributed by atoms with Crippen LogP contribution in [0.25, 0.3) is 0 Å². The van der Waals surface area contributed by atoms with Crippen LogP contribution in [0.1, 0.15) is 33.1 Å². The van der Waals surface area contributed by atoms with Crippen LogP contribution < -0.4 is 5.32 Å². The van der Waals surface area contributed by atoms with Crippen molar-refractivity contribution < 1.29 is 9.53 Å². The third kappa shape index (κ3) is 6.69. The molecule has 0 bridgehead atoms. The molecule has 0 radical (unpaired) electrons. The standard InChI is InChI=1S/C19H27N3O2S/c1-3-24-16-9-12-22(13-10-16)14-19(23)21-17-6-4-5-7-18(17)25-15(2)8-11-20/h4-7,15-16H,3,8-10,12-14H2,1-2H3,(H,21,23). The molecule has 0 spiro atoms. The minimum atomic E-state index is 0.0100. The van der Waals surface area contributed by atoms with Crippen molar-refractivity contribution in [3.05, 3.63) is 24.3 Å². The third-order valence-corrected chi connectivity index (χ3v) is 5.35. The predicted molar refractivity (Wildman–Crippen MR) is 102 cm³/mol. The Morgan fingerprint density at radius 2 is 2.16 bits per heavy atom. The molecular weight excluding hydrogens is 334 g/mol. The van der Waals surface area contributed by atoms with Crippen LogP contribution in [0.4, 0.5) is 5.69 Å². The maximum absolute atomic E-state index is 12.4. The van der Waals surface area contributed by atoms with Crippen molar-refractivity contribution >= 4 is 23.4 Å². The number of carbonyl (C=O) groups excluding carboxylic acids is 1. The zero-order chi connectivity index (χ0) is 18.1. The number of ether oxygens (including phenoxy) is 1. The van der Waals surface area contributed by atoms with Gasteiger partial charge in [0.25, 0.3) is 0 Å². The Hall–Kier alpha value is -1.55. The van der Waals surface area contributed by atoms with Crippen molar-refractivity contribution in [2.45, 2.75) is 49.4 Å². The number of piperidine rings is 1. The minimum Gasteiger partial charge on any atom is -0.378 e. The molecule has 1 aromatic rings. The SMILES string of the molecule is CCOC1CCN(CC(=O)Nc2ccccc2SC(C)CC#N)CC1. The van der Waals surface area contributed by atoms with Crippen molar-refractivity contribution in [2.75, 3.05) is 31.6 Å². The summed E-state index contributed by atoms with van der Waals surface area (Å²) in [6.07, 6.45) is 2.79. The summed E-state index contributed by atoms with van der Waals surface area (Å²) in [6, 6.07) is 9.97. The fraction of sp³-hybridized carbons (Fsp3) is 0.579. The molecule has 1 amide bonds. The molecule has 1 aliphatic rings. The van der Waals surface area contributed by atoms with Crippen LogP contribution in [0.15, 0.2) is 29.2 Å². The highest BCUT2D eigenvalue weighted by atomic mass is 32.2. The Balaban J connectivity index is 1.86. The molecule has 2 rings (SSSR count). The van der Waals surface area contributed by atoms with Gasteiger partial charge in [0.2, 0.25) is 5.91 Å². The van der Waals surface area contributed by atoms with Crippen molar-refractivity contribution in [3.8, 4) is 6.07 Å². The average molecular weight is 362 g/mol. The number of para-hydroxylation sites is 1. The molecule has 1 heterocycles. The number of nitrogens with zero attached hydrogens (tertiary/aromatic N) is 2. The van der Waals surface area contributed by atoms with Crippen LogP contribution >= 0.6 is 11.8 Å². The van der Waals surface area contributed by atoms with Gasteiger partial charge in [-0.2, -0.15) is 5.26 Å². The lowest BCUT2D eigenvalue weighted by atomic mass is 10.1. The third-order valence-electron chi connectivity index (χ3n) is 4.17. The molecule has 25 heavy (non-hydrogen) atoms. The lowest BCUT2D eigenvalue weighted by Gasteiger charge is -2.31. The number of benzene rings is 1. The second-order valence-electron chi connectivity index (χ2n) is 6.27. The molecule has 5 nitrogen and oxygen atoms in total. The van der Waals surface area contributed by atoms with Crippen LogP contribution in [0.2, 0.25) is 0 Å². The molecule has 1 unspecified atom stereocenters. The molecule has 136 valence electrons. The van der Waals surface area contributed by atoms with Crippen LogP contribution in [-0.4, -0.2) is 48.4 Å². The first-order valence-electron chi connectivity index (χ1n) is 8.88. The van der Waals surface area contributed by atoms with E-state index in [0.29, 0.717) is 19.1 Å². The summed E-state index contributed by atoms with van der Waals surface area (Å²) in [5.41, 5.74) is 0.825.